The quantitative estimate of drug-likeness (QED) is 0.315. The third-order valence-corrected chi connectivity index (χ3v) is 5.91. The Labute approximate surface area is 209 Å². The van der Waals surface area contributed by atoms with Gasteiger partial charge in [0.1, 0.15) is 30.2 Å². The van der Waals surface area contributed by atoms with Crippen molar-refractivity contribution in [1.29, 1.82) is 0 Å². The fourth-order valence-electron chi connectivity index (χ4n) is 4.08. The molecule has 0 amide bonds. The molecule has 1 aliphatic heterocycles. The first-order valence-corrected chi connectivity index (χ1v) is 11.6. The van der Waals surface area contributed by atoms with Crippen LogP contribution in [0.3, 0.4) is 0 Å². The highest BCUT2D eigenvalue weighted by molar-refractivity contribution is 5.36. The summed E-state index contributed by atoms with van der Waals surface area (Å²) < 4.78 is 30.4. The van der Waals surface area contributed by atoms with Gasteiger partial charge < -0.3 is 28.8 Å². The van der Waals surface area contributed by atoms with Crippen molar-refractivity contribution in [3.63, 3.8) is 0 Å². The van der Waals surface area contributed by atoms with E-state index in [1.807, 2.05) is 60.7 Å². The lowest BCUT2D eigenvalue weighted by Gasteiger charge is -2.44. The van der Waals surface area contributed by atoms with E-state index in [9.17, 15) is 15.2 Å². The molecule has 0 bridgehead atoms. The minimum Gasteiger partial charge on any atom is -0.462 e. The summed E-state index contributed by atoms with van der Waals surface area (Å²) in [5.74, 6) is 0.356. The van der Waals surface area contributed by atoms with Gasteiger partial charge in [-0.25, -0.2) is 0 Å². The average molecular weight is 496 g/mol. The van der Waals surface area contributed by atoms with Crippen LogP contribution < -0.4 is 4.74 Å². The monoisotopic (exact) mass is 495 g/mol. The van der Waals surface area contributed by atoms with E-state index < -0.39 is 35.6 Å². The molecule has 1 saturated heterocycles. The fourth-order valence-corrected chi connectivity index (χ4v) is 4.08. The lowest BCUT2D eigenvalue weighted by molar-refractivity contribution is -0.384. The number of non-ortho nitro benzene ring substituents is 1. The molecule has 9 nitrogen and oxygen atoms in total. The minimum absolute atomic E-state index is 0.0545. The van der Waals surface area contributed by atoms with Gasteiger partial charge in [0.25, 0.3) is 5.69 Å². The topological polar surface area (TPSA) is 110 Å². The lowest BCUT2D eigenvalue weighted by atomic mass is 9.98. The largest absolute Gasteiger partial charge is 0.462 e. The van der Waals surface area contributed by atoms with Gasteiger partial charge in [-0.3, -0.25) is 10.1 Å². The average Bonchev–Trinajstić information content (AvgIpc) is 2.92. The molecule has 1 aliphatic rings. The molecule has 5 atom stereocenters. The van der Waals surface area contributed by atoms with E-state index in [-0.39, 0.29) is 18.9 Å². The van der Waals surface area contributed by atoms with Gasteiger partial charge >= 0.3 is 0 Å². The molecule has 1 heterocycles. The van der Waals surface area contributed by atoms with E-state index >= 15 is 0 Å². The standard InChI is InChI=1S/C27H29NO8/c1-32-25-24(33-17-19-8-4-2-5-9-19)23(16-29)36-27(26(25)34-18-20-10-6-3-7-11-20)35-22-14-12-21(13-15-22)28(30)31/h2-15,23-27,29H,16-18H2,1H3/t23-,24+,25+,26-,27+/m1/s1. The molecule has 1 fully saturated rings. The molecule has 9 heteroatoms. The molecule has 4 rings (SSSR count). The molecule has 0 saturated carbocycles. The molecule has 0 spiro atoms. The van der Waals surface area contributed by atoms with Crippen molar-refractivity contribution in [1.82, 2.24) is 0 Å². The van der Waals surface area contributed by atoms with E-state index in [2.05, 4.69) is 0 Å². The van der Waals surface area contributed by atoms with Gasteiger partial charge in [0, 0.05) is 19.2 Å². The zero-order valence-corrected chi connectivity index (χ0v) is 19.8. The molecule has 3 aromatic rings. The number of aliphatic hydroxyl groups excluding tert-OH is 1. The highest BCUT2D eigenvalue weighted by Crippen LogP contribution is 2.31. The number of nitrogens with zero attached hydrogens (tertiary/aromatic N) is 1. The third kappa shape index (κ3) is 6.45. The Morgan fingerprint density at radius 1 is 0.833 bits per heavy atom. The number of hydrogen-bond acceptors (Lipinski definition) is 8. The van der Waals surface area contributed by atoms with E-state index in [0.29, 0.717) is 12.4 Å². The first kappa shape index (κ1) is 25.7. The van der Waals surface area contributed by atoms with Crippen LogP contribution in [0.1, 0.15) is 11.1 Å². The van der Waals surface area contributed by atoms with Crippen LogP contribution in [-0.2, 0) is 32.2 Å². The molecule has 190 valence electrons. The first-order valence-electron chi connectivity index (χ1n) is 11.6. The summed E-state index contributed by atoms with van der Waals surface area (Å²) in [5.41, 5.74) is 1.86. The van der Waals surface area contributed by atoms with Gasteiger partial charge in [0.2, 0.25) is 6.29 Å². The Kier molecular flexibility index (Phi) is 8.99. The maximum atomic E-state index is 11.0. The SMILES string of the molecule is CO[C@H]1[C@@H](OCc2ccccc2)[C@@H](CO)O[C@H](Oc2ccc([N+](=O)[O-])cc2)[C@@H]1OCc1ccccc1. The highest BCUT2D eigenvalue weighted by Gasteiger charge is 2.49. The summed E-state index contributed by atoms with van der Waals surface area (Å²) in [7, 11) is 1.55. The number of nitro benzene ring substituents is 1. The second-order valence-corrected chi connectivity index (χ2v) is 8.32. The van der Waals surface area contributed by atoms with E-state index in [1.54, 1.807) is 7.11 Å². The molecule has 0 unspecified atom stereocenters. The van der Waals surface area contributed by atoms with E-state index in [1.165, 1.54) is 24.3 Å². The molecule has 0 radical (unpaired) electrons. The Hall–Kier alpha value is -3.34. The van der Waals surface area contributed by atoms with Crippen molar-refractivity contribution in [2.75, 3.05) is 13.7 Å². The van der Waals surface area contributed by atoms with Crippen LogP contribution in [0.15, 0.2) is 84.9 Å². The Morgan fingerprint density at radius 2 is 1.39 bits per heavy atom. The number of nitro groups is 1. The van der Waals surface area contributed by atoms with Crippen LogP contribution in [0.5, 0.6) is 5.75 Å². The van der Waals surface area contributed by atoms with Crippen LogP contribution in [-0.4, -0.2) is 54.5 Å². The highest BCUT2D eigenvalue weighted by atomic mass is 16.7. The van der Waals surface area contributed by atoms with E-state index in [0.717, 1.165) is 11.1 Å². The first-order chi connectivity index (χ1) is 17.6. The predicted molar refractivity (Wildman–Crippen MR) is 130 cm³/mol. The van der Waals surface area contributed by atoms with Gasteiger partial charge in [0.15, 0.2) is 0 Å². The zero-order valence-electron chi connectivity index (χ0n) is 19.8. The molecule has 3 aromatic carbocycles. The number of methoxy groups -OCH3 is 1. The number of hydrogen-bond donors (Lipinski definition) is 1. The van der Waals surface area contributed by atoms with E-state index in [4.69, 9.17) is 23.7 Å². The van der Waals surface area contributed by atoms with Crippen molar-refractivity contribution in [3.8, 4) is 5.75 Å². The number of rotatable bonds is 11. The van der Waals surface area contributed by atoms with Gasteiger partial charge in [-0.2, -0.15) is 0 Å². The molecule has 36 heavy (non-hydrogen) atoms. The van der Waals surface area contributed by atoms with Crippen molar-refractivity contribution >= 4 is 5.69 Å². The van der Waals surface area contributed by atoms with Gasteiger partial charge in [-0.1, -0.05) is 60.7 Å². The smallest absolute Gasteiger partial charge is 0.269 e. The van der Waals surface area contributed by atoms with Crippen molar-refractivity contribution in [2.45, 2.75) is 43.9 Å². The summed E-state index contributed by atoms with van der Waals surface area (Å²) in [6.45, 7) is 0.236. The molecular formula is C27H29NO8. The Morgan fingerprint density at radius 3 is 1.89 bits per heavy atom. The third-order valence-electron chi connectivity index (χ3n) is 5.91. The number of benzene rings is 3. The second-order valence-electron chi connectivity index (χ2n) is 8.32. The normalized spacial score (nSPS) is 23.8. The summed E-state index contributed by atoms with van der Waals surface area (Å²) >= 11 is 0. The second kappa shape index (κ2) is 12.6. The van der Waals surface area contributed by atoms with Crippen molar-refractivity contribution < 1.29 is 33.7 Å². The minimum atomic E-state index is -0.964. The van der Waals surface area contributed by atoms with Crippen LogP contribution in [0.4, 0.5) is 5.69 Å². The number of ether oxygens (including phenoxy) is 5. The summed E-state index contributed by atoms with van der Waals surface area (Å²) in [5, 5.41) is 21.1. The fraction of sp³-hybridized carbons (Fsp3) is 0.333. The van der Waals surface area contributed by atoms with Crippen LogP contribution in [0.2, 0.25) is 0 Å². The molecular weight excluding hydrogens is 466 g/mol. The molecule has 0 aliphatic carbocycles. The maximum Gasteiger partial charge on any atom is 0.269 e. The maximum absolute atomic E-state index is 11.0. The van der Waals surface area contributed by atoms with Gasteiger partial charge in [-0.15, -0.1) is 0 Å². The summed E-state index contributed by atoms with van der Waals surface area (Å²) in [4.78, 5) is 10.5. The van der Waals surface area contributed by atoms with Crippen molar-refractivity contribution in [3.05, 3.63) is 106 Å². The summed E-state index contributed by atoms with van der Waals surface area (Å²) in [6, 6.07) is 25.0. The number of aliphatic hydroxyl groups is 1. The van der Waals surface area contributed by atoms with Crippen LogP contribution in [0.25, 0.3) is 0 Å². The summed E-state index contributed by atoms with van der Waals surface area (Å²) in [6.07, 6.45) is -3.72. The zero-order chi connectivity index (χ0) is 25.3. The van der Waals surface area contributed by atoms with Crippen molar-refractivity contribution in [2.24, 2.45) is 0 Å². The van der Waals surface area contributed by atoms with Crippen LogP contribution in [0, 0.1) is 10.1 Å². The molecule has 1 N–H and O–H groups in total. The molecule has 0 aromatic heterocycles. The Bertz CT molecular complexity index is 1080. The van der Waals surface area contributed by atoms with Gasteiger partial charge in [-0.05, 0) is 23.3 Å². The predicted octanol–water partition coefficient (Wildman–Crippen LogP) is 3.88. The van der Waals surface area contributed by atoms with Gasteiger partial charge in [0.05, 0.1) is 24.7 Å². The van der Waals surface area contributed by atoms with Crippen LogP contribution >= 0.6 is 0 Å². The lowest BCUT2D eigenvalue weighted by Crippen LogP contribution is -2.62. The Balaban J connectivity index is 1.56.